The van der Waals surface area contributed by atoms with Gasteiger partial charge < -0.3 is 10.3 Å². The van der Waals surface area contributed by atoms with Crippen LogP contribution in [0.15, 0.2) is 24.4 Å². The Kier molecular flexibility index (Phi) is 3.43. The van der Waals surface area contributed by atoms with Crippen molar-refractivity contribution >= 4 is 26.6 Å². The van der Waals surface area contributed by atoms with Crippen molar-refractivity contribution in [3.8, 4) is 0 Å². The molecule has 0 amide bonds. The predicted molar refractivity (Wildman–Crippen MR) is 81.6 cm³/mol. The number of H-pyrrole nitrogens is 1. The summed E-state index contributed by atoms with van der Waals surface area (Å²) >= 11 is 0. The van der Waals surface area contributed by atoms with Gasteiger partial charge in [0.1, 0.15) is 0 Å². The number of hydrogen-bond acceptors (Lipinski definition) is 3. The van der Waals surface area contributed by atoms with Gasteiger partial charge in [0.05, 0.1) is 6.26 Å². The minimum atomic E-state index is -3.24. The van der Waals surface area contributed by atoms with E-state index in [4.69, 9.17) is 0 Å². The molecule has 0 spiro atoms. The Labute approximate surface area is 118 Å². The third-order valence-electron chi connectivity index (χ3n) is 3.80. The van der Waals surface area contributed by atoms with Gasteiger partial charge in [-0.2, -0.15) is 0 Å². The first-order chi connectivity index (χ1) is 9.53. The number of nitrogens with one attached hydrogen (secondary N) is 3. The van der Waals surface area contributed by atoms with Crippen LogP contribution in [0.5, 0.6) is 0 Å². The minimum Gasteiger partial charge on any atom is -0.361 e. The second-order valence-electron chi connectivity index (χ2n) is 5.40. The Bertz CT molecular complexity index is 715. The molecule has 5 nitrogen and oxygen atoms in total. The number of aromatic amines is 1. The Morgan fingerprint density at radius 1 is 1.25 bits per heavy atom. The fraction of sp³-hybridized carbons (Fsp3) is 0.429. The lowest BCUT2D eigenvalue weighted by molar-refractivity contribution is 0.462. The van der Waals surface area contributed by atoms with Crippen LogP contribution in [0.3, 0.4) is 0 Å². The molecule has 108 valence electrons. The van der Waals surface area contributed by atoms with Crippen molar-refractivity contribution in [2.24, 2.45) is 0 Å². The lowest BCUT2D eigenvalue weighted by Crippen LogP contribution is -2.26. The Morgan fingerprint density at radius 3 is 2.70 bits per heavy atom. The zero-order chi connectivity index (χ0) is 14.2. The van der Waals surface area contributed by atoms with Gasteiger partial charge in [-0.05, 0) is 55.6 Å². The molecule has 1 aromatic heterocycles. The van der Waals surface area contributed by atoms with Crippen molar-refractivity contribution in [1.29, 1.82) is 0 Å². The van der Waals surface area contributed by atoms with E-state index in [1.54, 1.807) is 6.07 Å². The van der Waals surface area contributed by atoms with Crippen LogP contribution >= 0.6 is 0 Å². The lowest BCUT2D eigenvalue weighted by atomic mass is 9.90. The van der Waals surface area contributed by atoms with Gasteiger partial charge in [-0.25, -0.2) is 8.42 Å². The van der Waals surface area contributed by atoms with E-state index in [9.17, 15) is 8.42 Å². The van der Waals surface area contributed by atoms with Crippen LogP contribution in [0, 0.1) is 0 Å². The fourth-order valence-electron chi connectivity index (χ4n) is 2.89. The molecule has 0 unspecified atom stereocenters. The number of fused-ring (bicyclic) bond motifs is 1. The molecular weight excluding hydrogens is 274 g/mol. The average Bonchev–Trinajstić information content (AvgIpc) is 2.81. The number of hydrogen-bond donors (Lipinski definition) is 3. The molecule has 0 bridgehead atoms. The summed E-state index contributed by atoms with van der Waals surface area (Å²) in [5, 5.41) is 4.48. The van der Waals surface area contributed by atoms with E-state index in [0.29, 0.717) is 11.6 Å². The maximum Gasteiger partial charge on any atom is 0.229 e. The third-order valence-corrected chi connectivity index (χ3v) is 4.40. The van der Waals surface area contributed by atoms with Gasteiger partial charge in [0.15, 0.2) is 0 Å². The quantitative estimate of drug-likeness (QED) is 0.810. The van der Waals surface area contributed by atoms with Gasteiger partial charge in [0, 0.05) is 22.8 Å². The van der Waals surface area contributed by atoms with Crippen LogP contribution in [-0.4, -0.2) is 32.7 Å². The van der Waals surface area contributed by atoms with Crippen LogP contribution in [0.2, 0.25) is 0 Å². The number of rotatable bonds is 3. The van der Waals surface area contributed by atoms with E-state index in [0.717, 1.165) is 36.8 Å². The van der Waals surface area contributed by atoms with E-state index in [1.165, 1.54) is 11.8 Å². The molecule has 6 heteroatoms. The van der Waals surface area contributed by atoms with Crippen LogP contribution in [0.1, 0.15) is 24.3 Å². The molecule has 2 aromatic rings. The van der Waals surface area contributed by atoms with Gasteiger partial charge in [-0.15, -0.1) is 0 Å². The van der Waals surface area contributed by atoms with Gasteiger partial charge in [-0.3, -0.25) is 4.72 Å². The Morgan fingerprint density at radius 2 is 2.00 bits per heavy atom. The molecule has 1 saturated heterocycles. The summed E-state index contributed by atoms with van der Waals surface area (Å²) in [5.41, 5.74) is 2.96. The molecule has 1 aliphatic rings. The van der Waals surface area contributed by atoms with Gasteiger partial charge in [0.2, 0.25) is 10.0 Å². The first-order valence-electron chi connectivity index (χ1n) is 6.82. The van der Waals surface area contributed by atoms with E-state index in [-0.39, 0.29) is 0 Å². The van der Waals surface area contributed by atoms with Gasteiger partial charge >= 0.3 is 0 Å². The van der Waals surface area contributed by atoms with Gasteiger partial charge in [-0.1, -0.05) is 0 Å². The number of sulfonamides is 1. The highest BCUT2D eigenvalue weighted by molar-refractivity contribution is 7.92. The summed E-state index contributed by atoms with van der Waals surface area (Å²) in [6.45, 7) is 2.08. The summed E-state index contributed by atoms with van der Waals surface area (Å²) in [6.07, 6.45) is 5.47. The largest absolute Gasteiger partial charge is 0.361 e. The Hall–Kier alpha value is -1.53. The molecule has 0 atom stereocenters. The zero-order valence-electron chi connectivity index (χ0n) is 11.4. The minimum absolute atomic E-state index is 0.540. The van der Waals surface area contributed by atoms with E-state index in [1.807, 2.05) is 12.1 Å². The molecule has 3 N–H and O–H groups in total. The fourth-order valence-corrected chi connectivity index (χ4v) is 3.45. The van der Waals surface area contributed by atoms with E-state index in [2.05, 4.69) is 21.2 Å². The maximum absolute atomic E-state index is 11.3. The number of piperidine rings is 1. The summed E-state index contributed by atoms with van der Waals surface area (Å²) < 4.78 is 25.2. The molecule has 3 rings (SSSR count). The second-order valence-corrected chi connectivity index (χ2v) is 7.15. The maximum atomic E-state index is 11.3. The molecule has 1 aliphatic heterocycles. The first-order valence-corrected chi connectivity index (χ1v) is 8.71. The molecule has 0 aliphatic carbocycles. The smallest absolute Gasteiger partial charge is 0.229 e. The van der Waals surface area contributed by atoms with Crippen molar-refractivity contribution in [3.63, 3.8) is 0 Å². The normalized spacial score (nSPS) is 17.4. The highest BCUT2D eigenvalue weighted by Gasteiger charge is 2.18. The van der Waals surface area contributed by atoms with Crippen molar-refractivity contribution in [2.75, 3.05) is 24.1 Å². The molecule has 0 saturated carbocycles. The Balaban J connectivity index is 1.98. The van der Waals surface area contributed by atoms with Crippen LogP contribution in [0.4, 0.5) is 5.69 Å². The third kappa shape index (κ3) is 2.81. The average molecular weight is 293 g/mol. The highest BCUT2D eigenvalue weighted by Crippen LogP contribution is 2.32. The van der Waals surface area contributed by atoms with Crippen molar-refractivity contribution in [2.45, 2.75) is 18.8 Å². The second kappa shape index (κ2) is 5.10. The van der Waals surface area contributed by atoms with Gasteiger partial charge in [0.25, 0.3) is 0 Å². The first kappa shape index (κ1) is 13.5. The summed E-state index contributed by atoms with van der Waals surface area (Å²) in [4.78, 5) is 3.28. The monoisotopic (exact) mass is 293 g/mol. The summed E-state index contributed by atoms with van der Waals surface area (Å²) in [6, 6.07) is 5.63. The van der Waals surface area contributed by atoms with E-state index < -0.39 is 10.0 Å². The predicted octanol–water partition coefficient (Wildman–Crippen LogP) is 2.01. The SMILES string of the molecule is CS(=O)(=O)Nc1ccc2[nH]cc(C3CCNCC3)c2c1. The van der Waals surface area contributed by atoms with Crippen molar-refractivity contribution in [1.82, 2.24) is 10.3 Å². The standard InChI is InChI=1S/C14H19N3O2S/c1-20(18,19)17-11-2-3-14-12(8-11)13(9-16-14)10-4-6-15-7-5-10/h2-3,8-10,15-17H,4-7H2,1H3. The molecule has 1 aromatic carbocycles. The van der Waals surface area contributed by atoms with Crippen LogP contribution in [0.25, 0.3) is 10.9 Å². The number of anilines is 1. The number of benzene rings is 1. The van der Waals surface area contributed by atoms with Crippen LogP contribution in [-0.2, 0) is 10.0 Å². The summed E-state index contributed by atoms with van der Waals surface area (Å²) in [5.74, 6) is 0.540. The molecule has 0 radical (unpaired) electrons. The van der Waals surface area contributed by atoms with Crippen LogP contribution < -0.4 is 10.0 Å². The number of aromatic nitrogens is 1. The van der Waals surface area contributed by atoms with E-state index >= 15 is 0 Å². The molecule has 1 fully saturated rings. The lowest BCUT2D eigenvalue weighted by Gasteiger charge is -2.22. The molecule has 20 heavy (non-hydrogen) atoms. The van der Waals surface area contributed by atoms with Crippen molar-refractivity contribution in [3.05, 3.63) is 30.0 Å². The molecule has 2 heterocycles. The summed E-state index contributed by atoms with van der Waals surface area (Å²) in [7, 11) is -3.24. The molecular formula is C14H19N3O2S. The highest BCUT2D eigenvalue weighted by atomic mass is 32.2. The van der Waals surface area contributed by atoms with Crippen molar-refractivity contribution < 1.29 is 8.42 Å². The topological polar surface area (TPSA) is 74.0 Å². The zero-order valence-corrected chi connectivity index (χ0v) is 12.3.